The number of ether oxygens (including phenoxy) is 3. The van der Waals surface area contributed by atoms with Crippen LogP contribution < -0.4 is 15.4 Å². The molecule has 0 radical (unpaired) electrons. The third-order valence-electron chi connectivity index (χ3n) is 6.65. The number of amides is 2. The van der Waals surface area contributed by atoms with Crippen molar-refractivity contribution in [1.29, 1.82) is 0 Å². The second-order valence-corrected chi connectivity index (χ2v) is 9.18. The van der Waals surface area contributed by atoms with Gasteiger partial charge in [-0.2, -0.15) is 0 Å². The number of hydrogen-bond acceptors (Lipinski definition) is 6. The van der Waals surface area contributed by atoms with Gasteiger partial charge in [0.2, 0.25) is 0 Å². The van der Waals surface area contributed by atoms with Crippen LogP contribution in [0.25, 0.3) is 0 Å². The van der Waals surface area contributed by atoms with Gasteiger partial charge in [-0.05, 0) is 57.2 Å². The van der Waals surface area contributed by atoms with Crippen molar-refractivity contribution < 1.29 is 28.6 Å². The Hall–Kier alpha value is -3.55. The molecule has 0 atom stereocenters. The summed E-state index contributed by atoms with van der Waals surface area (Å²) in [5, 5.41) is 5.84. The summed E-state index contributed by atoms with van der Waals surface area (Å²) < 4.78 is 15.6. The molecule has 1 aliphatic rings. The van der Waals surface area contributed by atoms with Gasteiger partial charge in [0.25, 0.3) is 5.91 Å². The van der Waals surface area contributed by atoms with Crippen LogP contribution in [0, 0.1) is 0 Å². The Bertz CT molecular complexity index is 1030. The number of nitrogens with one attached hydrogen (secondary N) is 2. The van der Waals surface area contributed by atoms with Crippen molar-refractivity contribution in [2.24, 2.45) is 0 Å². The minimum absolute atomic E-state index is 0.235. The topological polar surface area (TPSA) is 103 Å². The maximum absolute atomic E-state index is 13.0. The molecule has 35 heavy (non-hydrogen) atoms. The summed E-state index contributed by atoms with van der Waals surface area (Å²) >= 11 is 0. The van der Waals surface area contributed by atoms with E-state index in [0.717, 1.165) is 5.56 Å². The van der Waals surface area contributed by atoms with E-state index in [4.69, 9.17) is 14.2 Å². The predicted octanol–water partition coefficient (Wildman–Crippen LogP) is 3.98. The third kappa shape index (κ3) is 5.93. The van der Waals surface area contributed by atoms with Gasteiger partial charge >= 0.3 is 12.1 Å². The van der Waals surface area contributed by atoms with E-state index >= 15 is 0 Å². The molecule has 0 bridgehead atoms. The number of methoxy groups -OCH3 is 2. The zero-order valence-electron chi connectivity index (χ0n) is 20.8. The Labute approximate surface area is 206 Å². The quantitative estimate of drug-likeness (QED) is 0.552. The number of para-hydroxylation sites is 1. The van der Waals surface area contributed by atoms with Crippen LogP contribution in [0.15, 0.2) is 54.6 Å². The normalized spacial score (nSPS) is 21.6. The molecule has 0 heterocycles. The van der Waals surface area contributed by atoms with Gasteiger partial charge in [0.1, 0.15) is 11.3 Å². The average Bonchev–Trinajstić information content (AvgIpc) is 2.87. The summed E-state index contributed by atoms with van der Waals surface area (Å²) in [5.74, 6) is -0.237. The monoisotopic (exact) mass is 482 g/mol. The molecular weight excluding hydrogens is 448 g/mol. The van der Waals surface area contributed by atoms with E-state index in [1.165, 1.54) is 14.2 Å². The molecule has 0 unspecified atom stereocenters. The van der Waals surface area contributed by atoms with Crippen LogP contribution in [0.3, 0.4) is 0 Å². The molecule has 2 aromatic carbocycles. The fraction of sp³-hybridized carbons (Fsp3) is 0.444. The Morgan fingerprint density at radius 1 is 0.914 bits per heavy atom. The molecule has 3 rings (SSSR count). The Balaban J connectivity index is 1.84. The first-order valence-corrected chi connectivity index (χ1v) is 11.8. The lowest BCUT2D eigenvalue weighted by molar-refractivity contribution is -0.150. The van der Waals surface area contributed by atoms with Gasteiger partial charge in [0, 0.05) is 12.0 Å². The summed E-state index contributed by atoms with van der Waals surface area (Å²) in [4.78, 5) is 38.2. The smallest absolute Gasteiger partial charge is 0.408 e. The van der Waals surface area contributed by atoms with Gasteiger partial charge in [-0.25, -0.2) is 9.59 Å². The van der Waals surface area contributed by atoms with Crippen molar-refractivity contribution >= 4 is 18.0 Å². The first-order chi connectivity index (χ1) is 16.7. The second-order valence-electron chi connectivity index (χ2n) is 9.18. The summed E-state index contributed by atoms with van der Waals surface area (Å²) in [6.07, 6.45) is 0.794. The molecule has 188 valence electrons. The third-order valence-corrected chi connectivity index (χ3v) is 6.65. The van der Waals surface area contributed by atoms with Crippen molar-refractivity contribution in [2.45, 2.75) is 56.6 Å². The van der Waals surface area contributed by atoms with Crippen LogP contribution in [-0.2, 0) is 19.7 Å². The first-order valence-electron chi connectivity index (χ1n) is 11.8. The van der Waals surface area contributed by atoms with Crippen molar-refractivity contribution in [3.05, 3.63) is 65.7 Å². The molecule has 1 fully saturated rings. The fourth-order valence-electron chi connectivity index (χ4n) is 4.71. The number of benzene rings is 2. The van der Waals surface area contributed by atoms with Crippen LogP contribution in [-0.4, -0.2) is 50.4 Å². The largest absolute Gasteiger partial charge is 0.496 e. The molecule has 2 N–H and O–H groups in total. The Morgan fingerprint density at radius 3 is 2.14 bits per heavy atom. The number of carbonyl (C=O) groups excluding carboxylic acids is 3. The molecule has 8 heteroatoms. The molecule has 1 aliphatic carbocycles. The zero-order valence-corrected chi connectivity index (χ0v) is 20.8. The van der Waals surface area contributed by atoms with Crippen LogP contribution >= 0.6 is 0 Å². The van der Waals surface area contributed by atoms with Gasteiger partial charge in [0.05, 0.1) is 25.9 Å². The maximum atomic E-state index is 13.0. The number of carbonyl (C=O) groups is 3. The lowest BCUT2D eigenvalue weighted by Gasteiger charge is -2.45. The minimum atomic E-state index is -1.19. The maximum Gasteiger partial charge on any atom is 0.408 e. The van der Waals surface area contributed by atoms with Crippen LogP contribution in [0.5, 0.6) is 5.75 Å². The molecule has 0 aromatic heterocycles. The number of alkyl carbamates (subject to hydrolysis) is 1. The van der Waals surface area contributed by atoms with Crippen molar-refractivity contribution in [2.75, 3.05) is 20.8 Å². The molecule has 1 saturated carbocycles. The highest BCUT2D eigenvalue weighted by atomic mass is 16.6. The minimum Gasteiger partial charge on any atom is -0.496 e. The Morgan fingerprint density at radius 2 is 1.54 bits per heavy atom. The van der Waals surface area contributed by atoms with E-state index in [1.807, 2.05) is 36.4 Å². The van der Waals surface area contributed by atoms with E-state index in [-0.39, 0.29) is 12.0 Å². The van der Waals surface area contributed by atoms with Crippen LogP contribution in [0.4, 0.5) is 4.79 Å². The summed E-state index contributed by atoms with van der Waals surface area (Å²) in [7, 11) is 2.84. The van der Waals surface area contributed by atoms with Crippen molar-refractivity contribution in [3.8, 4) is 5.75 Å². The van der Waals surface area contributed by atoms with Crippen molar-refractivity contribution in [3.63, 3.8) is 0 Å². The SMILES string of the molecule is COC(=O)C1(NC(=O)OC(C)C)CCC(CNC(=O)c2ccccc2OC)(c2ccccc2)CC1. The molecule has 0 saturated heterocycles. The standard InChI is InChI=1S/C27H34N2O6/c1-19(2)35-25(32)29-27(24(31)34-4)16-14-26(15-17-27,20-10-6-5-7-11-20)18-28-23(30)21-12-8-9-13-22(21)33-3/h5-13,19H,14-18H2,1-4H3,(H,28,30)(H,29,32). The van der Waals surface area contributed by atoms with Gasteiger partial charge in [-0.3, -0.25) is 4.79 Å². The summed E-state index contributed by atoms with van der Waals surface area (Å²) in [5.41, 5.74) is -0.106. The van der Waals surface area contributed by atoms with Crippen LogP contribution in [0.1, 0.15) is 55.5 Å². The molecule has 0 aliphatic heterocycles. The molecule has 2 amide bonds. The number of rotatable bonds is 8. The zero-order chi connectivity index (χ0) is 25.5. The fourth-order valence-corrected chi connectivity index (χ4v) is 4.71. The van der Waals surface area contributed by atoms with E-state index in [1.54, 1.807) is 32.0 Å². The van der Waals surface area contributed by atoms with E-state index in [9.17, 15) is 14.4 Å². The van der Waals surface area contributed by atoms with Gasteiger partial charge < -0.3 is 24.8 Å². The molecule has 0 spiro atoms. The van der Waals surface area contributed by atoms with E-state index in [0.29, 0.717) is 43.5 Å². The van der Waals surface area contributed by atoms with Gasteiger partial charge in [0.15, 0.2) is 0 Å². The highest BCUT2D eigenvalue weighted by molar-refractivity contribution is 5.97. The predicted molar refractivity (Wildman–Crippen MR) is 131 cm³/mol. The van der Waals surface area contributed by atoms with Crippen molar-refractivity contribution in [1.82, 2.24) is 10.6 Å². The van der Waals surface area contributed by atoms with E-state index < -0.39 is 23.0 Å². The lowest BCUT2D eigenvalue weighted by Crippen LogP contribution is -2.60. The molecule has 2 aromatic rings. The highest BCUT2D eigenvalue weighted by Gasteiger charge is 2.50. The summed E-state index contributed by atoms with van der Waals surface area (Å²) in [6, 6.07) is 17.0. The highest BCUT2D eigenvalue weighted by Crippen LogP contribution is 2.43. The van der Waals surface area contributed by atoms with E-state index in [2.05, 4.69) is 10.6 Å². The van der Waals surface area contributed by atoms with Gasteiger partial charge in [-0.15, -0.1) is 0 Å². The number of hydrogen-bond donors (Lipinski definition) is 2. The summed E-state index contributed by atoms with van der Waals surface area (Å²) in [6.45, 7) is 3.85. The molecule has 8 nitrogen and oxygen atoms in total. The lowest BCUT2D eigenvalue weighted by atomic mass is 9.64. The average molecular weight is 483 g/mol. The first kappa shape index (κ1) is 26.1. The molecular formula is C27H34N2O6. The van der Waals surface area contributed by atoms with Gasteiger partial charge in [-0.1, -0.05) is 42.5 Å². The number of esters is 1. The Kier molecular flexibility index (Phi) is 8.38. The second kappa shape index (κ2) is 11.3. The van der Waals surface area contributed by atoms with Crippen LogP contribution in [0.2, 0.25) is 0 Å².